The zero-order valence-electron chi connectivity index (χ0n) is 17.6. The molecule has 0 saturated heterocycles. The maximum absolute atomic E-state index is 12.9. The molecule has 0 heterocycles. The molecule has 0 aliphatic heterocycles. The van der Waals surface area contributed by atoms with Crippen molar-refractivity contribution in [2.24, 2.45) is 23.2 Å². The summed E-state index contributed by atoms with van der Waals surface area (Å²) < 4.78 is 5.04. The summed E-state index contributed by atoms with van der Waals surface area (Å²) in [4.78, 5) is 12.9. The van der Waals surface area contributed by atoms with E-state index in [4.69, 9.17) is 16.3 Å². The summed E-state index contributed by atoms with van der Waals surface area (Å²) >= 11 is 6.38. The van der Waals surface area contributed by atoms with Gasteiger partial charge in [0.2, 0.25) is 0 Å². The van der Waals surface area contributed by atoms with E-state index in [0.29, 0.717) is 16.0 Å². The minimum Gasteiger partial charge on any atom is -0.383 e. The topological polar surface area (TPSA) is 50.4 Å². The Morgan fingerprint density at radius 1 is 1.14 bits per heavy atom. The maximum atomic E-state index is 12.9. The molecule has 4 fully saturated rings. The normalized spacial score (nSPS) is 29.9. The average Bonchev–Trinajstić information content (AvgIpc) is 2.69. The monoisotopic (exact) mass is 418 g/mol. The summed E-state index contributed by atoms with van der Waals surface area (Å²) in [5.74, 6) is 2.71. The Kier molecular flexibility index (Phi) is 6.83. The molecule has 5 heteroatoms. The molecule has 2 N–H and O–H groups in total. The van der Waals surface area contributed by atoms with Crippen molar-refractivity contribution in [3.63, 3.8) is 0 Å². The van der Waals surface area contributed by atoms with Crippen LogP contribution in [0.4, 0.5) is 0 Å². The molecular weight excluding hydrogens is 384 g/mol. The van der Waals surface area contributed by atoms with E-state index in [2.05, 4.69) is 10.6 Å². The Morgan fingerprint density at radius 2 is 1.83 bits per heavy atom. The van der Waals surface area contributed by atoms with E-state index in [0.717, 1.165) is 56.8 Å². The second kappa shape index (κ2) is 9.36. The van der Waals surface area contributed by atoms with Gasteiger partial charge >= 0.3 is 0 Å². The molecule has 29 heavy (non-hydrogen) atoms. The molecular formula is C24H35ClN2O2. The van der Waals surface area contributed by atoms with Gasteiger partial charge in [-0.05, 0) is 98.8 Å². The molecule has 0 unspecified atom stereocenters. The fourth-order valence-corrected chi connectivity index (χ4v) is 6.69. The van der Waals surface area contributed by atoms with Crippen LogP contribution in [0.1, 0.15) is 60.9 Å². The number of hydrogen-bond donors (Lipinski definition) is 2. The Balaban J connectivity index is 1.30. The zero-order valence-corrected chi connectivity index (χ0v) is 18.4. The lowest BCUT2D eigenvalue weighted by Gasteiger charge is -2.56. The van der Waals surface area contributed by atoms with Crippen molar-refractivity contribution in [3.05, 3.63) is 34.3 Å². The van der Waals surface area contributed by atoms with Crippen molar-refractivity contribution >= 4 is 17.5 Å². The van der Waals surface area contributed by atoms with Crippen LogP contribution in [0.5, 0.6) is 0 Å². The molecule has 0 radical (unpaired) electrons. The van der Waals surface area contributed by atoms with Gasteiger partial charge in [0.1, 0.15) is 0 Å². The summed E-state index contributed by atoms with van der Waals surface area (Å²) in [5, 5.41) is 7.17. The van der Waals surface area contributed by atoms with Gasteiger partial charge < -0.3 is 15.4 Å². The number of methoxy groups -OCH3 is 1. The van der Waals surface area contributed by atoms with Gasteiger partial charge in [0, 0.05) is 20.2 Å². The van der Waals surface area contributed by atoms with E-state index in [1.165, 1.54) is 44.1 Å². The minimum atomic E-state index is -0.00850. The number of carbonyl (C=O) groups is 1. The number of carbonyl (C=O) groups excluding carboxylic acids is 1. The van der Waals surface area contributed by atoms with Crippen molar-refractivity contribution < 1.29 is 9.53 Å². The van der Waals surface area contributed by atoms with E-state index in [-0.39, 0.29) is 5.91 Å². The van der Waals surface area contributed by atoms with Crippen LogP contribution in [-0.2, 0) is 11.2 Å². The molecule has 0 aromatic heterocycles. The first-order chi connectivity index (χ1) is 14.1. The number of hydrogen-bond acceptors (Lipinski definition) is 3. The number of aryl methyl sites for hydroxylation is 1. The SMILES string of the molecule is COCCNCCCc1ccc(Cl)c(C(=O)NCC23CC4CC(CC(C4)C2)C3)c1. The lowest BCUT2D eigenvalue weighted by Crippen LogP contribution is -2.51. The second-order valence-electron chi connectivity index (χ2n) is 9.76. The van der Waals surface area contributed by atoms with Gasteiger partial charge in [-0.1, -0.05) is 17.7 Å². The van der Waals surface area contributed by atoms with Gasteiger partial charge in [0.05, 0.1) is 17.2 Å². The van der Waals surface area contributed by atoms with Gasteiger partial charge in [-0.15, -0.1) is 0 Å². The molecule has 1 amide bonds. The third-order valence-electron chi connectivity index (χ3n) is 7.37. The molecule has 4 aliphatic rings. The minimum absolute atomic E-state index is 0.00850. The largest absolute Gasteiger partial charge is 0.383 e. The number of nitrogens with one attached hydrogen (secondary N) is 2. The first-order valence-electron chi connectivity index (χ1n) is 11.3. The van der Waals surface area contributed by atoms with Crippen LogP contribution in [0.3, 0.4) is 0 Å². The molecule has 4 saturated carbocycles. The third-order valence-corrected chi connectivity index (χ3v) is 7.70. The zero-order chi connectivity index (χ0) is 20.3. The van der Waals surface area contributed by atoms with Crippen LogP contribution in [0, 0.1) is 23.2 Å². The van der Waals surface area contributed by atoms with Crippen LogP contribution in [0.25, 0.3) is 0 Å². The van der Waals surface area contributed by atoms with E-state index >= 15 is 0 Å². The van der Waals surface area contributed by atoms with Gasteiger partial charge in [0.15, 0.2) is 0 Å². The highest BCUT2D eigenvalue weighted by atomic mass is 35.5. The quantitative estimate of drug-likeness (QED) is 0.551. The Bertz CT molecular complexity index is 686. The lowest BCUT2D eigenvalue weighted by atomic mass is 9.49. The fourth-order valence-electron chi connectivity index (χ4n) is 6.49. The fraction of sp³-hybridized carbons (Fsp3) is 0.708. The molecule has 5 rings (SSSR count). The first-order valence-corrected chi connectivity index (χ1v) is 11.7. The smallest absolute Gasteiger partial charge is 0.252 e. The highest BCUT2D eigenvalue weighted by Gasteiger charge is 2.50. The van der Waals surface area contributed by atoms with Gasteiger partial charge in [-0.25, -0.2) is 0 Å². The first kappa shape index (κ1) is 21.1. The Labute approximate surface area is 180 Å². The van der Waals surface area contributed by atoms with Crippen molar-refractivity contribution in [2.75, 3.05) is 33.4 Å². The van der Waals surface area contributed by atoms with Crippen molar-refractivity contribution in [1.29, 1.82) is 0 Å². The summed E-state index contributed by atoms with van der Waals surface area (Å²) in [6.45, 7) is 3.36. The molecule has 0 spiro atoms. The Morgan fingerprint density at radius 3 is 2.48 bits per heavy atom. The van der Waals surface area contributed by atoms with E-state index in [9.17, 15) is 4.79 Å². The standard InChI is InChI=1S/C24H35ClN2O2/c1-29-8-7-26-6-2-3-17-4-5-22(25)21(12-17)23(28)27-16-24-13-18-9-19(14-24)11-20(10-18)15-24/h4-5,12,18-20,26H,2-3,6-11,13-16H2,1H3,(H,27,28). The highest BCUT2D eigenvalue weighted by molar-refractivity contribution is 6.33. The van der Waals surface area contributed by atoms with Gasteiger partial charge in [-0.2, -0.15) is 0 Å². The number of benzene rings is 1. The number of halogens is 1. The molecule has 4 nitrogen and oxygen atoms in total. The highest BCUT2D eigenvalue weighted by Crippen LogP contribution is 2.59. The number of rotatable bonds is 10. The Hall–Kier alpha value is -1.10. The predicted octanol–water partition coefficient (Wildman–Crippen LogP) is 4.45. The molecule has 0 atom stereocenters. The average molecular weight is 419 g/mol. The van der Waals surface area contributed by atoms with E-state index in [1.54, 1.807) is 7.11 Å². The number of amides is 1. The van der Waals surface area contributed by atoms with Crippen molar-refractivity contribution in [2.45, 2.75) is 51.4 Å². The van der Waals surface area contributed by atoms with Crippen molar-refractivity contribution in [3.8, 4) is 0 Å². The van der Waals surface area contributed by atoms with Crippen LogP contribution in [0.2, 0.25) is 5.02 Å². The summed E-state index contributed by atoms with van der Waals surface area (Å²) in [6.07, 6.45) is 10.2. The van der Waals surface area contributed by atoms with Crippen LogP contribution in [0.15, 0.2) is 18.2 Å². The lowest BCUT2D eigenvalue weighted by molar-refractivity contribution is -0.0503. The van der Waals surface area contributed by atoms with E-state index in [1.807, 2.05) is 18.2 Å². The van der Waals surface area contributed by atoms with E-state index < -0.39 is 0 Å². The van der Waals surface area contributed by atoms with Gasteiger partial charge in [-0.3, -0.25) is 4.79 Å². The summed E-state index contributed by atoms with van der Waals surface area (Å²) in [7, 11) is 1.71. The second-order valence-corrected chi connectivity index (χ2v) is 10.2. The summed E-state index contributed by atoms with van der Waals surface area (Å²) in [6, 6.07) is 5.88. The summed E-state index contributed by atoms with van der Waals surface area (Å²) in [5.41, 5.74) is 2.15. The third kappa shape index (κ3) is 5.15. The molecule has 160 valence electrons. The molecule has 4 aliphatic carbocycles. The molecule has 1 aromatic rings. The van der Waals surface area contributed by atoms with Crippen LogP contribution in [-0.4, -0.2) is 39.3 Å². The maximum Gasteiger partial charge on any atom is 0.252 e. The van der Waals surface area contributed by atoms with Gasteiger partial charge in [0.25, 0.3) is 5.91 Å². The predicted molar refractivity (Wildman–Crippen MR) is 117 cm³/mol. The molecule has 4 bridgehead atoms. The van der Waals surface area contributed by atoms with Crippen molar-refractivity contribution in [1.82, 2.24) is 10.6 Å². The molecule has 1 aromatic carbocycles. The van der Waals surface area contributed by atoms with Crippen LogP contribution >= 0.6 is 11.6 Å². The van der Waals surface area contributed by atoms with Crippen LogP contribution < -0.4 is 10.6 Å². The number of ether oxygens (including phenoxy) is 1.